The molecule has 0 radical (unpaired) electrons. The third-order valence-corrected chi connectivity index (χ3v) is 6.35. The van der Waals surface area contributed by atoms with Gasteiger partial charge < -0.3 is 0 Å². The van der Waals surface area contributed by atoms with E-state index in [0.29, 0.717) is 14.4 Å². The number of fused-ring (bicyclic) bond motifs is 1. The van der Waals surface area contributed by atoms with Crippen molar-refractivity contribution in [3.8, 4) is 6.07 Å². The third kappa shape index (κ3) is 1.96. The predicted molar refractivity (Wildman–Crippen MR) is 74.0 cm³/mol. The first-order valence-electron chi connectivity index (χ1n) is 5.73. The minimum absolute atomic E-state index is 0.0113. The fourth-order valence-corrected chi connectivity index (χ4v) is 5.04. The lowest BCUT2D eigenvalue weighted by atomic mass is 10.2. The molecule has 7 nitrogen and oxygen atoms in total. The van der Waals surface area contributed by atoms with Crippen LogP contribution in [-0.4, -0.2) is 31.2 Å². The van der Waals surface area contributed by atoms with Gasteiger partial charge in [-0.25, -0.2) is 9.10 Å². The third-order valence-electron chi connectivity index (χ3n) is 2.96. The number of carbonyl (C=O) groups is 2. The molecular formula is C12H7N3O4S2. The highest BCUT2D eigenvalue weighted by Gasteiger charge is 2.39. The zero-order valence-corrected chi connectivity index (χ0v) is 12.0. The van der Waals surface area contributed by atoms with Crippen LogP contribution in [-0.2, 0) is 14.8 Å². The van der Waals surface area contributed by atoms with Gasteiger partial charge in [-0.3, -0.25) is 10.1 Å². The van der Waals surface area contributed by atoms with Crippen LogP contribution >= 0.6 is 11.3 Å². The number of benzene rings is 1. The van der Waals surface area contributed by atoms with E-state index in [1.54, 1.807) is 24.3 Å². The van der Waals surface area contributed by atoms with Gasteiger partial charge in [0, 0.05) is 10.1 Å². The Labute approximate surface area is 123 Å². The van der Waals surface area contributed by atoms with Gasteiger partial charge in [0.05, 0.1) is 5.56 Å². The number of nitriles is 1. The van der Waals surface area contributed by atoms with Gasteiger partial charge >= 0.3 is 6.03 Å². The largest absolute Gasteiger partial charge is 0.338 e. The van der Waals surface area contributed by atoms with Crippen molar-refractivity contribution in [2.45, 2.75) is 4.21 Å². The Hall–Kier alpha value is -2.44. The van der Waals surface area contributed by atoms with Crippen LogP contribution in [0.1, 0.15) is 5.56 Å². The first kappa shape index (κ1) is 13.5. The van der Waals surface area contributed by atoms with Crippen LogP contribution in [0.25, 0.3) is 10.1 Å². The summed E-state index contributed by atoms with van der Waals surface area (Å²) in [6.45, 7) is -0.569. The molecule has 1 saturated heterocycles. The van der Waals surface area contributed by atoms with E-state index < -0.39 is 28.5 Å². The van der Waals surface area contributed by atoms with E-state index in [1.807, 2.05) is 11.4 Å². The first-order chi connectivity index (χ1) is 9.95. The molecule has 0 bridgehead atoms. The molecule has 1 aromatic carbocycles. The van der Waals surface area contributed by atoms with Crippen LogP contribution in [0.3, 0.4) is 0 Å². The van der Waals surface area contributed by atoms with Gasteiger partial charge in [0.15, 0.2) is 4.21 Å². The van der Waals surface area contributed by atoms with Gasteiger partial charge in [-0.15, -0.1) is 11.3 Å². The number of rotatable bonds is 2. The number of nitrogens with one attached hydrogen (secondary N) is 1. The van der Waals surface area contributed by atoms with Crippen molar-refractivity contribution in [1.29, 1.82) is 5.26 Å². The minimum Gasteiger partial charge on any atom is -0.275 e. The van der Waals surface area contributed by atoms with Gasteiger partial charge in [0.25, 0.3) is 10.0 Å². The van der Waals surface area contributed by atoms with Crippen LogP contribution in [0, 0.1) is 11.3 Å². The summed E-state index contributed by atoms with van der Waals surface area (Å²) in [4.78, 5) is 22.7. The van der Waals surface area contributed by atoms with Crippen molar-refractivity contribution in [3.63, 3.8) is 0 Å². The summed E-state index contributed by atoms with van der Waals surface area (Å²) in [5.74, 6) is -0.691. The molecule has 0 aliphatic carbocycles. The maximum absolute atomic E-state index is 12.5. The average Bonchev–Trinajstić information content (AvgIpc) is 2.99. The standard InChI is InChI=1S/C12H7N3O4S2/c13-5-8-7-3-1-2-4-9(7)20-11(8)21(18,19)15-6-10(16)14-12(15)17/h1-4H,6H2,(H,14,16,17). The molecule has 1 N–H and O–H groups in total. The second-order valence-electron chi connectivity index (χ2n) is 4.24. The highest BCUT2D eigenvalue weighted by Crippen LogP contribution is 2.36. The van der Waals surface area contributed by atoms with Crippen molar-refractivity contribution < 1.29 is 18.0 Å². The fraction of sp³-hybridized carbons (Fsp3) is 0.0833. The average molecular weight is 321 g/mol. The van der Waals surface area contributed by atoms with Crippen LogP contribution in [0.4, 0.5) is 4.79 Å². The maximum Gasteiger partial charge on any atom is 0.338 e. The lowest BCUT2D eigenvalue weighted by Crippen LogP contribution is -2.34. The Balaban J connectivity index is 2.23. The van der Waals surface area contributed by atoms with Gasteiger partial charge in [0.1, 0.15) is 12.6 Å². The van der Waals surface area contributed by atoms with Gasteiger partial charge in [-0.05, 0) is 6.07 Å². The number of carbonyl (C=O) groups excluding carboxylic acids is 2. The number of nitrogens with zero attached hydrogens (tertiary/aromatic N) is 2. The molecule has 0 atom stereocenters. The SMILES string of the molecule is N#Cc1c(S(=O)(=O)N2CC(=O)NC2=O)sc2ccccc12. The summed E-state index contributed by atoms with van der Waals surface area (Å²) in [6.07, 6.45) is 0. The number of amides is 3. The zero-order valence-electron chi connectivity index (χ0n) is 10.4. The van der Waals surface area contributed by atoms with E-state index in [2.05, 4.69) is 0 Å². The lowest BCUT2D eigenvalue weighted by Gasteiger charge is -2.12. The van der Waals surface area contributed by atoms with Gasteiger partial charge in [-0.1, -0.05) is 18.2 Å². The Morgan fingerprint density at radius 2 is 2.00 bits per heavy atom. The van der Waals surface area contributed by atoms with Crippen molar-refractivity contribution in [3.05, 3.63) is 29.8 Å². The zero-order chi connectivity index (χ0) is 15.2. The van der Waals surface area contributed by atoms with Crippen LogP contribution < -0.4 is 5.32 Å². The highest BCUT2D eigenvalue weighted by molar-refractivity contribution is 7.92. The molecule has 9 heteroatoms. The van der Waals surface area contributed by atoms with E-state index in [-0.39, 0.29) is 9.77 Å². The molecule has 0 saturated carbocycles. The number of imide groups is 1. The smallest absolute Gasteiger partial charge is 0.275 e. The molecule has 3 amide bonds. The molecule has 1 fully saturated rings. The summed E-state index contributed by atoms with van der Waals surface area (Å²) in [5.41, 5.74) is -0.0113. The maximum atomic E-state index is 12.5. The second kappa shape index (κ2) is 4.54. The van der Waals surface area contributed by atoms with Crippen LogP contribution in [0.15, 0.2) is 28.5 Å². The molecule has 106 valence electrons. The van der Waals surface area contributed by atoms with E-state index in [4.69, 9.17) is 0 Å². The van der Waals surface area contributed by atoms with Gasteiger partial charge in [0.2, 0.25) is 5.91 Å². The second-order valence-corrected chi connectivity index (χ2v) is 7.35. The number of hydrogen-bond acceptors (Lipinski definition) is 6. The molecule has 3 rings (SSSR count). The molecule has 1 aliphatic rings. The molecule has 21 heavy (non-hydrogen) atoms. The number of thiophene rings is 1. The Morgan fingerprint density at radius 3 is 2.62 bits per heavy atom. The number of hydrogen-bond donors (Lipinski definition) is 1. The Morgan fingerprint density at radius 1 is 1.29 bits per heavy atom. The monoisotopic (exact) mass is 321 g/mol. The lowest BCUT2D eigenvalue weighted by molar-refractivity contribution is -0.118. The summed E-state index contributed by atoms with van der Waals surface area (Å²) in [6, 6.07) is 7.61. The minimum atomic E-state index is -4.23. The Kier molecular flexibility index (Phi) is 2.93. The van der Waals surface area contributed by atoms with E-state index >= 15 is 0 Å². The molecule has 0 unspecified atom stereocenters. The van der Waals surface area contributed by atoms with Crippen molar-refractivity contribution in [1.82, 2.24) is 9.62 Å². The van der Waals surface area contributed by atoms with E-state index in [9.17, 15) is 23.3 Å². The quantitative estimate of drug-likeness (QED) is 0.831. The predicted octanol–water partition coefficient (Wildman–Crippen LogP) is 1.01. The van der Waals surface area contributed by atoms with Crippen LogP contribution in [0.2, 0.25) is 0 Å². The van der Waals surface area contributed by atoms with Crippen molar-refractivity contribution in [2.75, 3.05) is 6.54 Å². The first-order valence-corrected chi connectivity index (χ1v) is 7.99. The molecule has 2 heterocycles. The Bertz CT molecular complexity index is 924. The summed E-state index contributed by atoms with van der Waals surface area (Å²) in [7, 11) is -4.23. The summed E-state index contributed by atoms with van der Waals surface area (Å²) in [5, 5.41) is 11.6. The van der Waals surface area contributed by atoms with Gasteiger partial charge in [-0.2, -0.15) is 13.7 Å². The molecular weight excluding hydrogens is 314 g/mol. The van der Waals surface area contributed by atoms with Crippen molar-refractivity contribution in [2.24, 2.45) is 0 Å². The van der Waals surface area contributed by atoms with E-state index in [0.717, 1.165) is 11.3 Å². The normalized spacial score (nSPS) is 15.3. The fourth-order valence-electron chi connectivity index (χ4n) is 2.03. The number of urea groups is 1. The topological polar surface area (TPSA) is 107 Å². The van der Waals surface area contributed by atoms with Crippen molar-refractivity contribution >= 4 is 43.4 Å². The summed E-state index contributed by atoms with van der Waals surface area (Å²) < 4.78 is 25.9. The van der Waals surface area contributed by atoms with E-state index in [1.165, 1.54) is 0 Å². The molecule has 1 aromatic heterocycles. The molecule has 2 aromatic rings. The molecule has 1 aliphatic heterocycles. The number of sulfonamides is 1. The van der Waals surface area contributed by atoms with Crippen LogP contribution in [0.5, 0.6) is 0 Å². The molecule has 0 spiro atoms. The summed E-state index contributed by atoms with van der Waals surface area (Å²) >= 11 is 0.902. The highest BCUT2D eigenvalue weighted by atomic mass is 32.2.